The van der Waals surface area contributed by atoms with Crippen molar-refractivity contribution in [1.82, 2.24) is 0 Å². The third-order valence-electron chi connectivity index (χ3n) is 3.34. The van der Waals surface area contributed by atoms with E-state index in [0.717, 1.165) is 6.07 Å². The fourth-order valence-electron chi connectivity index (χ4n) is 2.18. The van der Waals surface area contributed by atoms with E-state index in [9.17, 15) is 15.0 Å². The van der Waals surface area contributed by atoms with Crippen molar-refractivity contribution >= 4 is 11.5 Å². The van der Waals surface area contributed by atoms with Crippen LogP contribution in [0.4, 0.5) is 0 Å². The molecule has 23 heavy (non-hydrogen) atoms. The van der Waals surface area contributed by atoms with E-state index in [-0.39, 0.29) is 22.8 Å². The van der Waals surface area contributed by atoms with Crippen LogP contribution < -0.4 is 0 Å². The van der Waals surface area contributed by atoms with Crippen molar-refractivity contribution in [3.63, 3.8) is 0 Å². The van der Waals surface area contributed by atoms with Gasteiger partial charge in [-0.25, -0.2) is 0 Å². The lowest BCUT2D eigenvalue weighted by atomic mass is 9.97. The Kier molecular flexibility index (Phi) is 5.36. The molecule has 0 heterocycles. The number of carbonyl (C=O) groups excluding carboxylic acids is 1. The molecule has 2 aromatic carbocycles. The summed E-state index contributed by atoms with van der Waals surface area (Å²) in [4.78, 5) is 17.6. The SMILES string of the molecule is CCO/N=C(/CC)c1cc(C(=O)c2ccccc2)c(O)cc1O. The van der Waals surface area contributed by atoms with Crippen LogP contribution in [-0.4, -0.2) is 28.3 Å². The van der Waals surface area contributed by atoms with Crippen molar-refractivity contribution in [3.05, 3.63) is 59.2 Å². The summed E-state index contributed by atoms with van der Waals surface area (Å²) < 4.78 is 0. The molecule has 120 valence electrons. The number of phenolic OH excluding ortho intramolecular Hbond substituents is 2. The first kappa shape index (κ1) is 16.5. The zero-order chi connectivity index (χ0) is 16.8. The fraction of sp³-hybridized carbons (Fsp3) is 0.222. The van der Waals surface area contributed by atoms with Crippen LogP contribution in [0.1, 0.15) is 41.8 Å². The third kappa shape index (κ3) is 3.69. The van der Waals surface area contributed by atoms with Gasteiger partial charge in [0.2, 0.25) is 0 Å². The Hall–Kier alpha value is -2.82. The molecule has 5 heteroatoms. The van der Waals surface area contributed by atoms with Gasteiger partial charge >= 0.3 is 0 Å². The Balaban J connectivity index is 2.50. The fourth-order valence-corrected chi connectivity index (χ4v) is 2.18. The summed E-state index contributed by atoms with van der Waals surface area (Å²) in [5.41, 5.74) is 1.45. The first-order valence-electron chi connectivity index (χ1n) is 7.43. The molecule has 0 aliphatic rings. The molecule has 0 amide bonds. The number of hydrogen-bond acceptors (Lipinski definition) is 5. The van der Waals surface area contributed by atoms with E-state index in [1.807, 2.05) is 13.0 Å². The Bertz CT molecular complexity index is 723. The van der Waals surface area contributed by atoms with Gasteiger partial charge in [-0.15, -0.1) is 0 Å². The van der Waals surface area contributed by atoms with E-state index in [1.54, 1.807) is 31.2 Å². The van der Waals surface area contributed by atoms with Crippen LogP contribution in [0.5, 0.6) is 11.5 Å². The Morgan fingerprint density at radius 3 is 2.30 bits per heavy atom. The van der Waals surface area contributed by atoms with E-state index >= 15 is 0 Å². The third-order valence-corrected chi connectivity index (χ3v) is 3.34. The van der Waals surface area contributed by atoms with Crippen molar-refractivity contribution in [1.29, 1.82) is 0 Å². The summed E-state index contributed by atoms with van der Waals surface area (Å²) in [6.45, 7) is 4.07. The highest BCUT2D eigenvalue weighted by Gasteiger charge is 2.19. The molecule has 2 rings (SSSR count). The van der Waals surface area contributed by atoms with Gasteiger partial charge in [0.1, 0.15) is 18.1 Å². The summed E-state index contributed by atoms with van der Waals surface area (Å²) >= 11 is 0. The number of aromatic hydroxyl groups is 2. The lowest BCUT2D eigenvalue weighted by molar-refractivity contribution is 0.103. The van der Waals surface area contributed by atoms with Crippen molar-refractivity contribution in [2.75, 3.05) is 6.61 Å². The molecule has 0 aromatic heterocycles. The van der Waals surface area contributed by atoms with E-state index < -0.39 is 0 Å². The van der Waals surface area contributed by atoms with Gasteiger partial charge in [-0.1, -0.05) is 42.4 Å². The van der Waals surface area contributed by atoms with Crippen LogP contribution in [0.25, 0.3) is 0 Å². The second-order valence-corrected chi connectivity index (χ2v) is 4.89. The maximum absolute atomic E-state index is 12.5. The molecule has 0 atom stereocenters. The van der Waals surface area contributed by atoms with Gasteiger partial charge in [-0.3, -0.25) is 4.79 Å². The highest BCUT2D eigenvalue weighted by atomic mass is 16.6. The van der Waals surface area contributed by atoms with Gasteiger partial charge in [0.15, 0.2) is 5.78 Å². The minimum Gasteiger partial charge on any atom is -0.507 e. The van der Waals surface area contributed by atoms with Gasteiger partial charge in [0.05, 0.1) is 11.3 Å². The molecular formula is C18H19NO4. The maximum atomic E-state index is 12.5. The topological polar surface area (TPSA) is 79.1 Å². The van der Waals surface area contributed by atoms with E-state index in [0.29, 0.717) is 29.9 Å². The monoisotopic (exact) mass is 313 g/mol. The number of oxime groups is 1. The quantitative estimate of drug-likeness (QED) is 0.486. The molecule has 0 bridgehead atoms. The van der Waals surface area contributed by atoms with Gasteiger partial charge in [-0.05, 0) is 19.4 Å². The van der Waals surface area contributed by atoms with Crippen molar-refractivity contribution in [2.45, 2.75) is 20.3 Å². The van der Waals surface area contributed by atoms with E-state index in [2.05, 4.69) is 5.16 Å². The second kappa shape index (κ2) is 7.45. The maximum Gasteiger partial charge on any atom is 0.196 e. The molecule has 0 aliphatic carbocycles. The number of hydrogen-bond donors (Lipinski definition) is 2. The van der Waals surface area contributed by atoms with Gasteiger partial charge in [0, 0.05) is 17.2 Å². The average Bonchev–Trinajstić information content (AvgIpc) is 2.57. The lowest BCUT2D eigenvalue weighted by Crippen LogP contribution is -2.06. The van der Waals surface area contributed by atoms with Gasteiger partial charge in [0.25, 0.3) is 0 Å². The first-order chi connectivity index (χ1) is 11.1. The Labute approximate surface area is 134 Å². The molecule has 0 radical (unpaired) electrons. The first-order valence-corrected chi connectivity index (χ1v) is 7.43. The Morgan fingerprint density at radius 1 is 1.04 bits per heavy atom. The highest BCUT2D eigenvalue weighted by molar-refractivity contribution is 6.13. The summed E-state index contributed by atoms with van der Waals surface area (Å²) in [5.74, 6) is -0.740. The molecule has 0 unspecified atom stereocenters. The molecule has 2 N–H and O–H groups in total. The van der Waals surface area contributed by atoms with Gasteiger partial charge in [-0.2, -0.15) is 0 Å². The molecule has 0 fully saturated rings. The van der Waals surface area contributed by atoms with Gasteiger partial charge < -0.3 is 15.1 Å². The molecular weight excluding hydrogens is 294 g/mol. The van der Waals surface area contributed by atoms with Crippen molar-refractivity contribution in [3.8, 4) is 11.5 Å². The largest absolute Gasteiger partial charge is 0.507 e. The summed E-state index contributed by atoms with van der Waals surface area (Å²) in [5, 5.41) is 24.0. The zero-order valence-corrected chi connectivity index (χ0v) is 13.1. The molecule has 0 spiro atoms. The minimum atomic E-state index is -0.323. The normalized spacial score (nSPS) is 11.3. The number of nitrogens with zero attached hydrogens (tertiary/aromatic N) is 1. The van der Waals surface area contributed by atoms with Crippen LogP contribution in [0.2, 0.25) is 0 Å². The van der Waals surface area contributed by atoms with Crippen LogP contribution in [0.15, 0.2) is 47.6 Å². The molecule has 0 aliphatic heterocycles. The number of phenols is 2. The predicted octanol–water partition coefficient (Wildman–Crippen LogP) is 3.48. The summed E-state index contributed by atoms with van der Waals surface area (Å²) in [6.07, 6.45) is 0.511. The predicted molar refractivity (Wildman–Crippen MR) is 88.1 cm³/mol. The standard InChI is InChI=1S/C18H19NO4/c1-3-15(19-23-4-2)13-10-14(17(21)11-16(13)20)18(22)12-8-6-5-7-9-12/h5-11,20-21H,3-4H2,1-2H3/b19-15-. The minimum absolute atomic E-state index is 0.113. The Morgan fingerprint density at radius 2 is 1.70 bits per heavy atom. The summed E-state index contributed by atoms with van der Waals surface area (Å²) in [7, 11) is 0. The highest BCUT2D eigenvalue weighted by Crippen LogP contribution is 2.30. The zero-order valence-electron chi connectivity index (χ0n) is 13.1. The molecule has 2 aromatic rings. The number of ketones is 1. The number of benzene rings is 2. The molecule has 5 nitrogen and oxygen atoms in total. The number of carbonyl (C=O) groups is 1. The smallest absolute Gasteiger partial charge is 0.196 e. The second-order valence-electron chi connectivity index (χ2n) is 4.89. The van der Waals surface area contributed by atoms with Crippen molar-refractivity contribution < 1.29 is 19.8 Å². The van der Waals surface area contributed by atoms with Crippen LogP contribution >= 0.6 is 0 Å². The number of rotatable bonds is 6. The molecule has 0 saturated carbocycles. The summed E-state index contributed by atoms with van der Waals surface area (Å²) in [6, 6.07) is 11.2. The average molecular weight is 313 g/mol. The molecule has 0 saturated heterocycles. The van der Waals surface area contributed by atoms with Crippen LogP contribution in [-0.2, 0) is 4.84 Å². The van der Waals surface area contributed by atoms with Crippen molar-refractivity contribution in [2.24, 2.45) is 5.16 Å². The van der Waals surface area contributed by atoms with E-state index in [4.69, 9.17) is 4.84 Å². The van der Waals surface area contributed by atoms with Crippen LogP contribution in [0, 0.1) is 0 Å². The lowest BCUT2D eigenvalue weighted by Gasteiger charge is -2.11. The van der Waals surface area contributed by atoms with E-state index in [1.165, 1.54) is 6.07 Å². The van der Waals surface area contributed by atoms with Crippen LogP contribution in [0.3, 0.4) is 0 Å².